The van der Waals surface area contributed by atoms with Crippen molar-refractivity contribution in [3.63, 3.8) is 0 Å². The van der Waals surface area contributed by atoms with Gasteiger partial charge in [0.25, 0.3) is 0 Å². The predicted molar refractivity (Wildman–Crippen MR) is 95.5 cm³/mol. The number of amides is 2. The molecule has 1 saturated heterocycles. The molecule has 25 heavy (non-hydrogen) atoms. The lowest BCUT2D eigenvalue weighted by Gasteiger charge is -2.32. The van der Waals surface area contributed by atoms with Crippen LogP contribution in [0.4, 0.5) is 0 Å². The largest absolute Gasteiger partial charge is 0.392 e. The molecule has 2 fully saturated rings. The van der Waals surface area contributed by atoms with Crippen LogP contribution in [0.25, 0.3) is 0 Å². The van der Waals surface area contributed by atoms with Crippen LogP contribution >= 0.6 is 0 Å². The normalized spacial score (nSPS) is 23.5. The summed E-state index contributed by atoms with van der Waals surface area (Å²) in [7, 11) is 0. The molecule has 0 radical (unpaired) electrons. The van der Waals surface area contributed by atoms with E-state index in [0.717, 1.165) is 62.7 Å². The van der Waals surface area contributed by atoms with Crippen molar-refractivity contribution in [3.8, 4) is 0 Å². The fourth-order valence-electron chi connectivity index (χ4n) is 4.11. The van der Waals surface area contributed by atoms with Gasteiger partial charge in [0.1, 0.15) is 0 Å². The first-order valence-corrected chi connectivity index (χ1v) is 9.45. The minimum absolute atomic E-state index is 0.0232. The van der Waals surface area contributed by atoms with Crippen molar-refractivity contribution in [1.82, 2.24) is 10.2 Å². The van der Waals surface area contributed by atoms with E-state index >= 15 is 0 Å². The average molecular weight is 344 g/mol. The quantitative estimate of drug-likeness (QED) is 0.860. The lowest BCUT2D eigenvalue weighted by atomic mass is 9.77. The Bertz CT molecular complexity index is 611. The van der Waals surface area contributed by atoms with Gasteiger partial charge < -0.3 is 15.3 Å². The molecule has 3 rings (SSSR count). The zero-order chi connectivity index (χ0) is 17.6. The number of nitrogens with zero attached hydrogens (tertiary/aromatic N) is 1. The predicted octanol–water partition coefficient (Wildman–Crippen LogP) is 2.22. The van der Waals surface area contributed by atoms with E-state index in [1.807, 2.05) is 29.2 Å². The summed E-state index contributed by atoms with van der Waals surface area (Å²) in [6.45, 7) is 2.04. The van der Waals surface area contributed by atoms with Gasteiger partial charge in [-0.25, -0.2) is 0 Å². The summed E-state index contributed by atoms with van der Waals surface area (Å²) in [5.74, 6) is -0.235. The lowest BCUT2D eigenvalue weighted by Crippen LogP contribution is -2.44. The number of aliphatic hydroxyl groups excluding tert-OH is 1. The molecule has 5 nitrogen and oxygen atoms in total. The van der Waals surface area contributed by atoms with Gasteiger partial charge in [-0.2, -0.15) is 0 Å². The van der Waals surface area contributed by atoms with E-state index in [2.05, 4.69) is 5.32 Å². The van der Waals surface area contributed by atoms with Crippen LogP contribution < -0.4 is 5.32 Å². The molecule has 1 saturated carbocycles. The Morgan fingerprint density at radius 2 is 1.64 bits per heavy atom. The fourth-order valence-corrected chi connectivity index (χ4v) is 4.11. The summed E-state index contributed by atoms with van der Waals surface area (Å²) in [4.78, 5) is 27.5. The van der Waals surface area contributed by atoms with E-state index in [0.29, 0.717) is 6.54 Å². The summed E-state index contributed by atoms with van der Waals surface area (Å²) in [6, 6.07) is 7.56. The van der Waals surface area contributed by atoms with Crippen LogP contribution in [0.1, 0.15) is 49.7 Å². The minimum Gasteiger partial charge on any atom is -0.392 e. The number of nitrogens with one attached hydrogen (secondary N) is 1. The van der Waals surface area contributed by atoms with Crippen molar-refractivity contribution >= 4 is 11.8 Å². The van der Waals surface area contributed by atoms with Crippen LogP contribution in [0, 0.1) is 11.8 Å². The van der Waals surface area contributed by atoms with Crippen LogP contribution in [0.3, 0.4) is 0 Å². The highest BCUT2D eigenvalue weighted by Crippen LogP contribution is 2.32. The Kier molecular flexibility index (Phi) is 6.08. The Labute approximate surface area is 149 Å². The molecule has 2 amide bonds. The number of benzene rings is 1. The average Bonchev–Trinajstić information content (AvgIpc) is 3.20. The zero-order valence-electron chi connectivity index (χ0n) is 14.7. The Morgan fingerprint density at radius 3 is 2.32 bits per heavy atom. The first-order valence-electron chi connectivity index (χ1n) is 9.45. The highest BCUT2D eigenvalue weighted by atomic mass is 16.3. The SMILES string of the molecule is O=C(NCc1ccccc1CO)C1CCCCC1C(=O)N1CCCC1. The van der Waals surface area contributed by atoms with Gasteiger partial charge in [0.15, 0.2) is 0 Å². The van der Waals surface area contributed by atoms with E-state index in [1.54, 1.807) is 0 Å². The van der Waals surface area contributed by atoms with Gasteiger partial charge >= 0.3 is 0 Å². The second kappa shape index (κ2) is 8.48. The molecule has 1 aromatic carbocycles. The molecule has 1 heterocycles. The highest BCUT2D eigenvalue weighted by Gasteiger charge is 2.38. The van der Waals surface area contributed by atoms with Crippen molar-refractivity contribution in [2.75, 3.05) is 13.1 Å². The molecule has 136 valence electrons. The van der Waals surface area contributed by atoms with E-state index in [-0.39, 0.29) is 30.3 Å². The monoisotopic (exact) mass is 344 g/mol. The summed E-state index contributed by atoms with van der Waals surface area (Å²) >= 11 is 0. The molecule has 2 N–H and O–H groups in total. The standard InChI is InChI=1S/C20H28N2O3/c23-14-16-8-2-1-7-15(16)13-21-19(24)17-9-3-4-10-18(17)20(25)22-11-5-6-12-22/h1-2,7-8,17-18,23H,3-6,9-14H2,(H,21,24). The van der Waals surface area contributed by atoms with Gasteiger partial charge in [0, 0.05) is 31.5 Å². The third-order valence-corrected chi connectivity index (χ3v) is 5.58. The van der Waals surface area contributed by atoms with Crippen molar-refractivity contribution in [3.05, 3.63) is 35.4 Å². The molecule has 2 unspecified atom stereocenters. The molecular weight excluding hydrogens is 316 g/mol. The molecule has 0 spiro atoms. The van der Waals surface area contributed by atoms with Crippen molar-refractivity contribution < 1.29 is 14.7 Å². The van der Waals surface area contributed by atoms with Gasteiger partial charge in [-0.1, -0.05) is 37.1 Å². The van der Waals surface area contributed by atoms with Crippen LogP contribution in [-0.4, -0.2) is 34.9 Å². The maximum atomic E-state index is 12.8. The van der Waals surface area contributed by atoms with Crippen LogP contribution in [0.2, 0.25) is 0 Å². The summed E-state index contributed by atoms with van der Waals surface area (Å²) in [6.07, 6.45) is 5.80. The molecule has 0 aromatic heterocycles. The first kappa shape index (κ1) is 17.9. The molecule has 2 atom stereocenters. The second-order valence-electron chi connectivity index (χ2n) is 7.17. The molecule has 0 bridgehead atoms. The maximum absolute atomic E-state index is 12.8. The Balaban J connectivity index is 1.63. The topological polar surface area (TPSA) is 69.6 Å². The molecular formula is C20H28N2O3. The summed E-state index contributed by atoms with van der Waals surface area (Å²) in [5.41, 5.74) is 1.76. The third-order valence-electron chi connectivity index (χ3n) is 5.58. The van der Waals surface area contributed by atoms with Crippen LogP contribution in [0.5, 0.6) is 0 Å². The number of carbonyl (C=O) groups is 2. The third kappa shape index (κ3) is 4.21. The smallest absolute Gasteiger partial charge is 0.226 e. The van der Waals surface area contributed by atoms with Gasteiger partial charge in [0.05, 0.1) is 6.61 Å². The number of hydrogen-bond donors (Lipinski definition) is 2. The van der Waals surface area contributed by atoms with Crippen LogP contribution in [0.15, 0.2) is 24.3 Å². The van der Waals surface area contributed by atoms with Crippen molar-refractivity contribution in [2.45, 2.75) is 51.7 Å². The molecule has 1 aliphatic carbocycles. The molecule has 2 aliphatic rings. The molecule has 1 aliphatic heterocycles. The van der Waals surface area contributed by atoms with Crippen LogP contribution in [-0.2, 0) is 22.7 Å². The number of likely N-dealkylation sites (tertiary alicyclic amines) is 1. The summed E-state index contributed by atoms with van der Waals surface area (Å²) in [5, 5.41) is 12.4. The zero-order valence-corrected chi connectivity index (χ0v) is 14.7. The number of rotatable bonds is 5. The van der Waals surface area contributed by atoms with E-state index in [1.165, 1.54) is 0 Å². The van der Waals surface area contributed by atoms with E-state index < -0.39 is 0 Å². The minimum atomic E-state index is -0.219. The van der Waals surface area contributed by atoms with Gasteiger partial charge in [-0.3, -0.25) is 9.59 Å². The molecule has 5 heteroatoms. The van der Waals surface area contributed by atoms with Crippen molar-refractivity contribution in [2.24, 2.45) is 11.8 Å². The van der Waals surface area contributed by atoms with E-state index in [4.69, 9.17) is 0 Å². The second-order valence-corrected chi connectivity index (χ2v) is 7.17. The Morgan fingerprint density at radius 1 is 1.00 bits per heavy atom. The van der Waals surface area contributed by atoms with Crippen molar-refractivity contribution in [1.29, 1.82) is 0 Å². The fraction of sp³-hybridized carbons (Fsp3) is 0.600. The van der Waals surface area contributed by atoms with Gasteiger partial charge in [0.2, 0.25) is 11.8 Å². The number of carbonyl (C=O) groups excluding carboxylic acids is 2. The summed E-state index contributed by atoms with van der Waals surface area (Å²) < 4.78 is 0. The van der Waals surface area contributed by atoms with Gasteiger partial charge in [-0.05, 0) is 36.8 Å². The first-order chi connectivity index (χ1) is 12.2. The lowest BCUT2D eigenvalue weighted by molar-refractivity contribution is -0.142. The highest BCUT2D eigenvalue weighted by molar-refractivity contribution is 5.88. The van der Waals surface area contributed by atoms with Gasteiger partial charge in [-0.15, -0.1) is 0 Å². The molecule has 1 aromatic rings. The number of aliphatic hydroxyl groups is 1. The Hall–Kier alpha value is -1.88. The number of hydrogen-bond acceptors (Lipinski definition) is 3. The van der Waals surface area contributed by atoms with E-state index in [9.17, 15) is 14.7 Å². The maximum Gasteiger partial charge on any atom is 0.226 e.